The lowest BCUT2D eigenvalue weighted by Crippen LogP contribution is -2.24. The molecule has 0 heterocycles. The third-order valence-corrected chi connectivity index (χ3v) is 4.52. The van der Waals surface area contributed by atoms with Gasteiger partial charge in [0.1, 0.15) is 5.38 Å². The second-order valence-electron chi connectivity index (χ2n) is 4.92. The summed E-state index contributed by atoms with van der Waals surface area (Å²) in [5, 5.41) is 7.26. The molecule has 0 aliphatic carbocycles. The summed E-state index contributed by atoms with van der Waals surface area (Å²) >= 11 is 17.2. The van der Waals surface area contributed by atoms with Gasteiger partial charge in [-0.3, -0.25) is 4.79 Å². The van der Waals surface area contributed by atoms with Crippen molar-refractivity contribution < 1.29 is 9.90 Å². The van der Waals surface area contributed by atoms with Crippen molar-refractivity contribution in [2.24, 2.45) is 0 Å². The van der Waals surface area contributed by atoms with E-state index in [4.69, 9.17) is 39.9 Å². The molecule has 2 atom stereocenters. The molecule has 19 heavy (non-hydrogen) atoms. The number of aliphatic carboxylic acids is 1. The SMILES string of the molecule is O=C(O)C(Cl)C(Cl)CCCCCCCCCCCCl. The number of carboxylic acid groups (broad SMARTS) is 1. The molecular formula is C14H25Cl3O2. The van der Waals surface area contributed by atoms with Crippen LogP contribution in [0.3, 0.4) is 0 Å². The Morgan fingerprint density at radius 1 is 0.842 bits per heavy atom. The highest BCUT2D eigenvalue weighted by molar-refractivity contribution is 6.36. The number of rotatable bonds is 13. The number of hydrogen-bond acceptors (Lipinski definition) is 1. The molecule has 0 bridgehead atoms. The zero-order valence-electron chi connectivity index (χ0n) is 11.4. The van der Waals surface area contributed by atoms with Crippen LogP contribution < -0.4 is 0 Å². The summed E-state index contributed by atoms with van der Waals surface area (Å²) in [6.45, 7) is 0. The molecule has 0 aromatic rings. The average Bonchev–Trinajstić information content (AvgIpc) is 2.39. The van der Waals surface area contributed by atoms with Crippen LogP contribution in [0.15, 0.2) is 0 Å². The van der Waals surface area contributed by atoms with E-state index in [1.807, 2.05) is 0 Å². The van der Waals surface area contributed by atoms with Crippen LogP contribution in [-0.2, 0) is 4.79 Å². The average molecular weight is 332 g/mol. The number of unbranched alkanes of at least 4 members (excludes halogenated alkanes) is 8. The quantitative estimate of drug-likeness (QED) is 0.361. The third kappa shape index (κ3) is 11.8. The smallest absolute Gasteiger partial charge is 0.323 e. The molecule has 1 N–H and O–H groups in total. The van der Waals surface area contributed by atoms with Gasteiger partial charge in [-0.15, -0.1) is 34.8 Å². The van der Waals surface area contributed by atoms with E-state index in [0.29, 0.717) is 6.42 Å². The van der Waals surface area contributed by atoms with Crippen molar-refractivity contribution >= 4 is 40.8 Å². The molecule has 0 aliphatic heterocycles. The maximum Gasteiger partial charge on any atom is 0.323 e. The van der Waals surface area contributed by atoms with E-state index in [9.17, 15) is 4.79 Å². The standard InChI is InChI=1S/C14H25Cl3O2/c15-11-9-7-5-3-1-2-4-6-8-10-12(16)13(17)14(18)19/h12-13H,1-11H2,(H,18,19). The van der Waals surface area contributed by atoms with E-state index in [0.717, 1.165) is 25.1 Å². The summed E-state index contributed by atoms with van der Waals surface area (Å²) in [5.41, 5.74) is 0. The Balaban J connectivity index is 3.25. The molecule has 0 aromatic heterocycles. The highest BCUT2D eigenvalue weighted by Gasteiger charge is 2.22. The van der Waals surface area contributed by atoms with Crippen LogP contribution in [-0.4, -0.2) is 27.7 Å². The zero-order valence-corrected chi connectivity index (χ0v) is 13.7. The normalized spacial score (nSPS) is 14.3. The summed E-state index contributed by atoms with van der Waals surface area (Å²) < 4.78 is 0. The molecule has 0 rings (SSSR count). The highest BCUT2D eigenvalue weighted by Crippen LogP contribution is 2.18. The van der Waals surface area contributed by atoms with Crippen LogP contribution >= 0.6 is 34.8 Å². The monoisotopic (exact) mass is 330 g/mol. The van der Waals surface area contributed by atoms with Crippen LogP contribution in [0.2, 0.25) is 0 Å². The van der Waals surface area contributed by atoms with Gasteiger partial charge in [-0.2, -0.15) is 0 Å². The van der Waals surface area contributed by atoms with Gasteiger partial charge >= 0.3 is 5.97 Å². The Labute approximate surface area is 131 Å². The number of hydrogen-bond donors (Lipinski definition) is 1. The summed E-state index contributed by atoms with van der Waals surface area (Å²) in [5.74, 6) is -0.254. The van der Waals surface area contributed by atoms with E-state index in [-0.39, 0.29) is 0 Å². The maximum atomic E-state index is 10.6. The molecule has 0 aliphatic rings. The number of alkyl halides is 3. The van der Waals surface area contributed by atoms with Crippen LogP contribution in [0.4, 0.5) is 0 Å². The minimum absolute atomic E-state index is 0.463. The van der Waals surface area contributed by atoms with E-state index >= 15 is 0 Å². The van der Waals surface area contributed by atoms with Gasteiger partial charge in [0.25, 0.3) is 0 Å². The fraction of sp³-hybridized carbons (Fsp3) is 0.929. The summed E-state index contributed by atoms with van der Waals surface area (Å²) in [6.07, 6.45) is 11.4. The first-order chi connectivity index (χ1) is 9.09. The Morgan fingerprint density at radius 2 is 1.26 bits per heavy atom. The molecule has 114 valence electrons. The molecule has 2 unspecified atom stereocenters. The van der Waals surface area contributed by atoms with Gasteiger partial charge in [0.2, 0.25) is 0 Å². The maximum absolute atomic E-state index is 10.6. The van der Waals surface area contributed by atoms with Crippen molar-refractivity contribution in [3.8, 4) is 0 Å². The zero-order chi connectivity index (χ0) is 14.5. The van der Waals surface area contributed by atoms with Crippen molar-refractivity contribution in [2.45, 2.75) is 75.0 Å². The fourth-order valence-corrected chi connectivity index (χ4v) is 2.55. The second kappa shape index (κ2) is 13.3. The predicted molar refractivity (Wildman–Crippen MR) is 83.8 cm³/mol. The summed E-state index contributed by atoms with van der Waals surface area (Å²) in [4.78, 5) is 10.6. The predicted octanol–water partition coefficient (Wildman–Crippen LogP) is 5.43. The van der Waals surface area contributed by atoms with Crippen molar-refractivity contribution in [3.05, 3.63) is 0 Å². The molecule has 0 spiro atoms. The number of carboxylic acids is 1. The van der Waals surface area contributed by atoms with E-state index in [2.05, 4.69) is 0 Å². The number of halogens is 3. The van der Waals surface area contributed by atoms with Crippen molar-refractivity contribution in [1.29, 1.82) is 0 Å². The Bertz CT molecular complexity index is 225. The molecule has 0 saturated carbocycles. The lowest BCUT2D eigenvalue weighted by molar-refractivity contribution is -0.136. The van der Waals surface area contributed by atoms with Gasteiger partial charge in [-0.25, -0.2) is 0 Å². The Kier molecular flexibility index (Phi) is 13.6. The lowest BCUT2D eigenvalue weighted by Gasteiger charge is -2.11. The van der Waals surface area contributed by atoms with E-state index in [1.54, 1.807) is 0 Å². The minimum Gasteiger partial charge on any atom is -0.480 e. The molecule has 0 fully saturated rings. The highest BCUT2D eigenvalue weighted by atomic mass is 35.5. The van der Waals surface area contributed by atoms with Gasteiger partial charge in [-0.05, 0) is 12.8 Å². The van der Waals surface area contributed by atoms with Gasteiger partial charge in [0.05, 0.1) is 5.38 Å². The molecule has 0 radical (unpaired) electrons. The van der Waals surface area contributed by atoms with E-state index < -0.39 is 16.7 Å². The molecule has 2 nitrogen and oxygen atoms in total. The first kappa shape index (κ1) is 19.3. The largest absolute Gasteiger partial charge is 0.480 e. The lowest BCUT2D eigenvalue weighted by atomic mass is 10.1. The van der Waals surface area contributed by atoms with Gasteiger partial charge < -0.3 is 5.11 Å². The Morgan fingerprint density at radius 3 is 1.68 bits per heavy atom. The first-order valence-corrected chi connectivity index (χ1v) is 8.57. The fourth-order valence-electron chi connectivity index (χ4n) is 1.97. The third-order valence-electron chi connectivity index (χ3n) is 3.17. The second-order valence-corrected chi connectivity index (χ2v) is 6.32. The van der Waals surface area contributed by atoms with Crippen molar-refractivity contribution in [2.75, 3.05) is 5.88 Å². The van der Waals surface area contributed by atoms with Crippen LogP contribution in [0.1, 0.15) is 64.2 Å². The Hall–Kier alpha value is 0.340. The molecule has 0 aromatic carbocycles. The minimum atomic E-state index is -1.03. The van der Waals surface area contributed by atoms with Gasteiger partial charge in [-0.1, -0.05) is 51.4 Å². The summed E-state index contributed by atoms with van der Waals surface area (Å²) in [7, 11) is 0. The van der Waals surface area contributed by atoms with Gasteiger partial charge in [0, 0.05) is 5.88 Å². The van der Waals surface area contributed by atoms with Crippen molar-refractivity contribution in [3.63, 3.8) is 0 Å². The summed E-state index contributed by atoms with van der Waals surface area (Å²) in [6, 6.07) is 0. The van der Waals surface area contributed by atoms with Crippen molar-refractivity contribution in [1.82, 2.24) is 0 Å². The topological polar surface area (TPSA) is 37.3 Å². The molecule has 5 heteroatoms. The molecule has 0 amide bonds. The molecular weight excluding hydrogens is 307 g/mol. The van der Waals surface area contributed by atoms with E-state index in [1.165, 1.54) is 38.5 Å². The van der Waals surface area contributed by atoms with Crippen LogP contribution in [0.25, 0.3) is 0 Å². The van der Waals surface area contributed by atoms with Crippen LogP contribution in [0.5, 0.6) is 0 Å². The van der Waals surface area contributed by atoms with Gasteiger partial charge in [0.15, 0.2) is 0 Å². The first-order valence-electron chi connectivity index (χ1n) is 7.16. The van der Waals surface area contributed by atoms with Crippen LogP contribution in [0, 0.1) is 0 Å². The number of carbonyl (C=O) groups is 1. The molecule has 0 saturated heterocycles.